The first kappa shape index (κ1) is 12.7. The van der Waals surface area contributed by atoms with Crippen molar-refractivity contribution in [2.45, 2.75) is 13.8 Å². The summed E-state index contributed by atoms with van der Waals surface area (Å²) in [6.45, 7) is 4.23. The monoisotopic (exact) mass is 244 g/mol. The summed E-state index contributed by atoms with van der Waals surface area (Å²) in [4.78, 5) is 3.78. The number of hydrogen-bond donors (Lipinski definition) is 3. The van der Waals surface area contributed by atoms with E-state index in [2.05, 4.69) is 14.4 Å². The lowest BCUT2D eigenvalue weighted by Gasteiger charge is -2.10. The van der Waals surface area contributed by atoms with Crippen molar-refractivity contribution in [2.24, 2.45) is 5.92 Å². The highest BCUT2D eigenvalue weighted by Crippen LogP contribution is 2.08. The fourth-order valence-corrected chi connectivity index (χ4v) is 1.99. The lowest BCUT2D eigenvalue weighted by molar-refractivity contribution is 0.565. The van der Waals surface area contributed by atoms with Crippen LogP contribution in [0.25, 0.3) is 0 Å². The van der Waals surface area contributed by atoms with E-state index in [1.165, 1.54) is 12.3 Å². The topological polar surface area (TPSA) is 97.1 Å². The van der Waals surface area contributed by atoms with Crippen molar-refractivity contribution in [3.05, 3.63) is 18.3 Å². The van der Waals surface area contributed by atoms with Crippen LogP contribution in [-0.2, 0) is 10.2 Å². The molecule has 0 spiro atoms. The number of pyridine rings is 1. The van der Waals surface area contributed by atoms with Crippen molar-refractivity contribution in [1.29, 1.82) is 0 Å². The van der Waals surface area contributed by atoms with Crippen molar-refractivity contribution >= 4 is 21.7 Å². The number of nitrogen functional groups attached to an aromatic ring is 1. The Morgan fingerprint density at radius 2 is 2.12 bits per heavy atom. The fraction of sp³-hybridized carbons (Fsp3) is 0.444. The van der Waals surface area contributed by atoms with Gasteiger partial charge in [0.15, 0.2) is 0 Å². The van der Waals surface area contributed by atoms with E-state index in [9.17, 15) is 8.42 Å². The minimum Gasteiger partial charge on any atom is -0.384 e. The van der Waals surface area contributed by atoms with E-state index in [4.69, 9.17) is 5.73 Å². The van der Waals surface area contributed by atoms with Gasteiger partial charge in [0.25, 0.3) is 10.2 Å². The van der Waals surface area contributed by atoms with E-state index in [1.807, 2.05) is 13.8 Å². The zero-order valence-electron chi connectivity index (χ0n) is 9.27. The molecule has 6 nitrogen and oxygen atoms in total. The van der Waals surface area contributed by atoms with E-state index in [-0.39, 0.29) is 5.92 Å². The second kappa shape index (κ2) is 5.13. The van der Waals surface area contributed by atoms with Gasteiger partial charge in [-0.3, -0.25) is 4.72 Å². The molecule has 0 saturated carbocycles. The Hall–Kier alpha value is -1.34. The third-order valence-electron chi connectivity index (χ3n) is 1.72. The summed E-state index contributed by atoms with van der Waals surface area (Å²) in [5.41, 5.74) is 5.76. The number of hydrogen-bond acceptors (Lipinski definition) is 4. The van der Waals surface area contributed by atoms with Crippen LogP contribution in [-0.4, -0.2) is 19.9 Å². The number of nitrogens with two attached hydrogens (primary N) is 1. The molecule has 0 unspecified atom stereocenters. The molecule has 1 heterocycles. The van der Waals surface area contributed by atoms with Crippen LogP contribution in [0.1, 0.15) is 13.8 Å². The standard InChI is InChI=1S/C9H16N4O2S/c1-7(2)5-12-16(14,15)13-8-3-4-9(10)11-6-8/h3-4,6-7,12-13H,5H2,1-2H3,(H2,10,11). The predicted molar refractivity (Wildman–Crippen MR) is 64.0 cm³/mol. The lowest BCUT2D eigenvalue weighted by atomic mass is 10.2. The number of anilines is 2. The Morgan fingerprint density at radius 1 is 1.44 bits per heavy atom. The molecule has 16 heavy (non-hydrogen) atoms. The third-order valence-corrected chi connectivity index (χ3v) is 2.77. The van der Waals surface area contributed by atoms with E-state index >= 15 is 0 Å². The van der Waals surface area contributed by atoms with Gasteiger partial charge in [-0.1, -0.05) is 13.8 Å². The molecule has 90 valence electrons. The SMILES string of the molecule is CC(C)CNS(=O)(=O)Nc1ccc(N)nc1. The van der Waals surface area contributed by atoms with Crippen molar-refractivity contribution in [3.63, 3.8) is 0 Å². The molecule has 0 aliphatic rings. The Labute approximate surface area is 95.4 Å². The quantitative estimate of drug-likeness (QED) is 0.705. The van der Waals surface area contributed by atoms with Gasteiger partial charge in [0.2, 0.25) is 0 Å². The number of rotatable bonds is 5. The Morgan fingerprint density at radius 3 is 2.62 bits per heavy atom. The Kier molecular flexibility index (Phi) is 4.08. The molecular weight excluding hydrogens is 228 g/mol. The molecule has 7 heteroatoms. The van der Waals surface area contributed by atoms with Gasteiger partial charge in [-0.15, -0.1) is 0 Å². The minimum absolute atomic E-state index is 0.251. The largest absolute Gasteiger partial charge is 0.384 e. The highest BCUT2D eigenvalue weighted by molar-refractivity contribution is 7.90. The average molecular weight is 244 g/mol. The average Bonchev–Trinajstić information content (AvgIpc) is 2.19. The molecule has 0 saturated heterocycles. The molecular formula is C9H16N4O2S. The van der Waals surface area contributed by atoms with Crippen LogP contribution in [0.3, 0.4) is 0 Å². The Bertz CT molecular complexity index is 427. The van der Waals surface area contributed by atoms with Crippen LogP contribution >= 0.6 is 0 Å². The van der Waals surface area contributed by atoms with Gasteiger partial charge in [0, 0.05) is 6.54 Å². The zero-order valence-corrected chi connectivity index (χ0v) is 10.1. The van der Waals surface area contributed by atoms with Crippen LogP contribution in [0.15, 0.2) is 18.3 Å². The van der Waals surface area contributed by atoms with Crippen LogP contribution in [0.2, 0.25) is 0 Å². The first-order chi connectivity index (χ1) is 7.39. The van der Waals surface area contributed by atoms with Gasteiger partial charge in [-0.05, 0) is 18.1 Å². The lowest BCUT2D eigenvalue weighted by Crippen LogP contribution is -2.32. The second-order valence-corrected chi connectivity index (χ2v) is 5.32. The fourth-order valence-electron chi connectivity index (χ4n) is 0.933. The molecule has 0 amide bonds. The van der Waals surface area contributed by atoms with Crippen molar-refractivity contribution < 1.29 is 8.42 Å². The van der Waals surface area contributed by atoms with Crippen molar-refractivity contribution in [3.8, 4) is 0 Å². The molecule has 0 aliphatic heterocycles. The normalized spacial score (nSPS) is 11.7. The molecule has 4 N–H and O–H groups in total. The summed E-state index contributed by atoms with van der Waals surface area (Å²) >= 11 is 0. The molecule has 1 aromatic rings. The van der Waals surface area contributed by atoms with Gasteiger partial charge in [0.1, 0.15) is 5.82 Å². The van der Waals surface area contributed by atoms with Crippen LogP contribution in [0.5, 0.6) is 0 Å². The van der Waals surface area contributed by atoms with E-state index in [1.54, 1.807) is 6.07 Å². The number of nitrogens with zero attached hydrogens (tertiary/aromatic N) is 1. The van der Waals surface area contributed by atoms with E-state index in [0.717, 1.165) is 0 Å². The second-order valence-electron chi connectivity index (χ2n) is 3.82. The van der Waals surface area contributed by atoms with E-state index < -0.39 is 10.2 Å². The number of aromatic nitrogens is 1. The summed E-state index contributed by atoms with van der Waals surface area (Å²) in [6.07, 6.45) is 1.37. The van der Waals surface area contributed by atoms with Gasteiger partial charge in [0.05, 0.1) is 11.9 Å². The molecule has 0 aliphatic carbocycles. The summed E-state index contributed by atoms with van der Waals surface area (Å²) in [5, 5.41) is 0. The Balaban J connectivity index is 2.62. The molecule has 0 aromatic carbocycles. The summed E-state index contributed by atoms with van der Waals surface area (Å²) in [5.74, 6) is 0.596. The maximum atomic E-state index is 11.5. The molecule has 0 radical (unpaired) electrons. The first-order valence-corrected chi connectivity index (χ1v) is 6.36. The van der Waals surface area contributed by atoms with Crippen molar-refractivity contribution in [1.82, 2.24) is 9.71 Å². The maximum absolute atomic E-state index is 11.5. The first-order valence-electron chi connectivity index (χ1n) is 4.88. The summed E-state index contributed by atoms with van der Waals surface area (Å²) < 4.78 is 27.8. The summed E-state index contributed by atoms with van der Waals surface area (Å²) in [6, 6.07) is 3.08. The molecule has 1 rings (SSSR count). The smallest absolute Gasteiger partial charge is 0.299 e. The third kappa shape index (κ3) is 4.45. The van der Waals surface area contributed by atoms with E-state index in [0.29, 0.717) is 18.1 Å². The van der Waals surface area contributed by atoms with Crippen LogP contribution in [0, 0.1) is 5.92 Å². The summed E-state index contributed by atoms with van der Waals surface area (Å²) in [7, 11) is -3.52. The van der Waals surface area contributed by atoms with Crippen LogP contribution in [0.4, 0.5) is 11.5 Å². The molecule has 0 bridgehead atoms. The van der Waals surface area contributed by atoms with Gasteiger partial charge in [-0.2, -0.15) is 13.1 Å². The number of nitrogens with one attached hydrogen (secondary N) is 2. The van der Waals surface area contributed by atoms with Crippen LogP contribution < -0.4 is 15.2 Å². The zero-order chi connectivity index (χ0) is 12.2. The minimum atomic E-state index is -3.52. The maximum Gasteiger partial charge on any atom is 0.299 e. The van der Waals surface area contributed by atoms with Gasteiger partial charge >= 0.3 is 0 Å². The highest BCUT2D eigenvalue weighted by Gasteiger charge is 2.09. The molecule has 0 fully saturated rings. The van der Waals surface area contributed by atoms with Gasteiger partial charge < -0.3 is 5.73 Å². The molecule has 1 aromatic heterocycles. The molecule has 0 atom stereocenters. The van der Waals surface area contributed by atoms with Gasteiger partial charge in [-0.25, -0.2) is 4.98 Å². The highest BCUT2D eigenvalue weighted by atomic mass is 32.2. The predicted octanol–water partition coefficient (Wildman–Crippen LogP) is 0.566. The van der Waals surface area contributed by atoms with Crippen molar-refractivity contribution in [2.75, 3.05) is 17.0 Å².